The Kier molecular flexibility index (Phi) is 2.65. The molecule has 0 saturated heterocycles. The molecule has 0 radical (unpaired) electrons. The third-order valence-electron chi connectivity index (χ3n) is 2.57. The van der Waals surface area contributed by atoms with Crippen LogP contribution in [-0.4, -0.2) is 15.0 Å². The number of aromatic amines is 1. The SMILES string of the molecule is CCCc1[nH]c2nc(C)nc(Cl)c2c1C. The van der Waals surface area contributed by atoms with E-state index in [9.17, 15) is 0 Å². The molecule has 0 spiro atoms. The van der Waals surface area contributed by atoms with Crippen molar-refractivity contribution in [2.24, 2.45) is 0 Å². The number of hydrogen-bond donors (Lipinski definition) is 1. The molecule has 0 aliphatic heterocycles. The summed E-state index contributed by atoms with van der Waals surface area (Å²) in [6, 6.07) is 0. The van der Waals surface area contributed by atoms with Gasteiger partial charge in [-0.15, -0.1) is 0 Å². The molecule has 0 saturated carbocycles. The maximum absolute atomic E-state index is 6.11. The highest BCUT2D eigenvalue weighted by atomic mass is 35.5. The van der Waals surface area contributed by atoms with Crippen LogP contribution in [0.3, 0.4) is 0 Å². The lowest BCUT2D eigenvalue weighted by Gasteiger charge is -1.97. The van der Waals surface area contributed by atoms with E-state index in [-0.39, 0.29) is 0 Å². The number of aromatic nitrogens is 3. The molecular formula is C11H14ClN3. The Hall–Kier alpha value is -1.09. The zero-order chi connectivity index (χ0) is 11.0. The van der Waals surface area contributed by atoms with E-state index in [1.807, 2.05) is 6.92 Å². The summed E-state index contributed by atoms with van der Waals surface area (Å²) in [6.45, 7) is 6.07. The van der Waals surface area contributed by atoms with E-state index in [1.54, 1.807) is 0 Å². The average molecular weight is 224 g/mol. The maximum Gasteiger partial charge on any atom is 0.143 e. The summed E-state index contributed by atoms with van der Waals surface area (Å²) in [6.07, 6.45) is 2.13. The topological polar surface area (TPSA) is 41.6 Å². The lowest BCUT2D eigenvalue weighted by Crippen LogP contribution is -1.88. The molecule has 0 aliphatic rings. The second kappa shape index (κ2) is 3.81. The first-order valence-corrected chi connectivity index (χ1v) is 5.52. The van der Waals surface area contributed by atoms with Crippen molar-refractivity contribution >= 4 is 22.6 Å². The van der Waals surface area contributed by atoms with Gasteiger partial charge in [0.15, 0.2) is 0 Å². The van der Waals surface area contributed by atoms with Gasteiger partial charge in [-0.3, -0.25) is 0 Å². The summed E-state index contributed by atoms with van der Waals surface area (Å²) in [5, 5.41) is 1.51. The van der Waals surface area contributed by atoms with Crippen molar-refractivity contribution in [3.8, 4) is 0 Å². The van der Waals surface area contributed by atoms with Gasteiger partial charge in [0.1, 0.15) is 16.6 Å². The predicted octanol–water partition coefficient (Wildman–Crippen LogP) is 3.18. The number of fused-ring (bicyclic) bond motifs is 1. The van der Waals surface area contributed by atoms with Crippen molar-refractivity contribution in [1.29, 1.82) is 0 Å². The summed E-state index contributed by atoms with van der Waals surface area (Å²) in [7, 11) is 0. The predicted molar refractivity (Wildman–Crippen MR) is 62.4 cm³/mol. The zero-order valence-corrected chi connectivity index (χ0v) is 9.94. The van der Waals surface area contributed by atoms with Crippen molar-refractivity contribution in [3.63, 3.8) is 0 Å². The molecular weight excluding hydrogens is 210 g/mol. The standard InChI is InChI=1S/C11H14ClN3/c1-4-5-8-6(2)9-10(12)13-7(3)14-11(9)15-8/h4-5H2,1-3H3,(H,13,14,15). The van der Waals surface area contributed by atoms with E-state index >= 15 is 0 Å². The molecule has 0 fully saturated rings. The van der Waals surface area contributed by atoms with Gasteiger partial charge in [0.25, 0.3) is 0 Å². The summed E-state index contributed by atoms with van der Waals surface area (Å²) >= 11 is 6.11. The number of aryl methyl sites for hydroxylation is 3. The van der Waals surface area contributed by atoms with Crippen molar-refractivity contribution in [2.45, 2.75) is 33.6 Å². The molecule has 80 valence electrons. The zero-order valence-electron chi connectivity index (χ0n) is 9.19. The number of halogens is 1. The van der Waals surface area contributed by atoms with E-state index in [1.165, 1.54) is 11.3 Å². The molecule has 4 heteroatoms. The van der Waals surface area contributed by atoms with Crippen molar-refractivity contribution in [1.82, 2.24) is 15.0 Å². The Morgan fingerprint density at radius 3 is 2.67 bits per heavy atom. The van der Waals surface area contributed by atoms with Gasteiger partial charge < -0.3 is 4.98 Å². The molecule has 0 amide bonds. The van der Waals surface area contributed by atoms with Crippen LogP contribution in [0.15, 0.2) is 0 Å². The van der Waals surface area contributed by atoms with Crippen molar-refractivity contribution in [3.05, 3.63) is 22.2 Å². The van der Waals surface area contributed by atoms with Crippen molar-refractivity contribution < 1.29 is 0 Å². The van der Waals surface area contributed by atoms with Crippen LogP contribution in [0.2, 0.25) is 5.15 Å². The third kappa shape index (κ3) is 1.72. The molecule has 0 bridgehead atoms. The fraction of sp³-hybridized carbons (Fsp3) is 0.455. The van der Waals surface area contributed by atoms with Gasteiger partial charge in [-0.25, -0.2) is 9.97 Å². The first kappa shape index (κ1) is 10.4. The molecule has 2 aromatic rings. The van der Waals surface area contributed by atoms with E-state index in [4.69, 9.17) is 11.6 Å². The van der Waals surface area contributed by atoms with Crippen LogP contribution in [-0.2, 0) is 6.42 Å². The minimum absolute atomic E-state index is 0.550. The number of rotatable bonds is 2. The summed E-state index contributed by atoms with van der Waals surface area (Å²) in [5.41, 5.74) is 3.25. The van der Waals surface area contributed by atoms with Crippen molar-refractivity contribution in [2.75, 3.05) is 0 Å². The minimum atomic E-state index is 0.550. The number of H-pyrrole nitrogens is 1. The highest BCUT2D eigenvalue weighted by Crippen LogP contribution is 2.26. The Balaban J connectivity index is 2.70. The maximum atomic E-state index is 6.11. The van der Waals surface area contributed by atoms with E-state index in [2.05, 4.69) is 28.8 Å². The van der Waals surface area contributed by atoms with Gasteiger partial charge in [-0.05, 0) is 25.8 Å². The van der Waals surface area contributed by atoms with E-state index in [0.717, 1.165) is 23.9 Å². The Morgan fingerprint density at radius 2 is 2.00 bits per heavy atom. The Labute approximate surface area is 93.9 Å². The lowest BCUT2D eigenvalue weighted by molar-refractivity contribution is 0.886. The second-order valence-corrected chi connectivity index (χ2v) is 4.12. The Bertz CT molecular complexity index is 502. The smallest absolute Gasteiger partial charge is 0.143 e. The Morgan fingerprint density at radius 1 is 1.27 bits per heavy atom. The van der Waals surface area contributed by atoms with Crippen LogP contribution in [0.1, 0.15) is 30.4 Å². The summed E-state index contributed by atoms with van der Waals surface area (Å²) in [4.78, 5) is 11.8. The molecule has 0 atom stereocenters. The van der Waals surface area contributed by atoms with Gasteiger partial charge in [-0.1, -0.05) is 24.9 Å². The van der Waals surface area contributed by atoms with Crippen LogP contribution in [0.4, 0.5) is 0 Å². The minimum Gasteiger partial charge on any atom is -0.343 e. The van der Waals surface area contributed by atoms with E-state index < -0.39 is 0 Å². The average Bonchev–Trinajstić information content (AvgIpc) is 2.43. The van der Waals surface area contributed by atoms with Crippen LogP contribution in [0, 0.1) is 13.8 Å². The monoisotopic (exact) mass is 223 g/mol. The van der Waals surface area contributed by atoms with Gasteiger partial charge in [0.2, 0.25) is 0 Å². The van der Waals surface area contributed by atoms with Gasteiger partial charge in [0, 0.05) is 5.69 Å². The van der Waals surface area contributed by atoms with Crippen LogP contribution >= 0.6 is 11.6 Å². The van der Waals surface area contributed by atoms with Crippen LogP contribution < -0.4 is 0 Å². The normalized spacial score (nSPS) is 11.2. The second-order valence-electron chi connectivity index (χ2n) is 3.76. The molecule has 2 aromatic heterocycles. The van der Waals surface area contributed by atoms with Gasteiger partial charge in [-0.2, -0.15) is 0 Å². The first-order valence-electron chi connectivity index (χ1n) is 5.14. The largest absolute Gasteiger partial charge is 0.343 e. The van der Waals surface area contributed by atoms with Gasteiger partial charge >= 0.3 is 0 Å². The number of nitrogens with one attached hydrogen (secondary N) is 1. The van der Waals surface area contributed by atoms with E-state index in [0.29, 0.717) is 11.0 Å². The first-order chi connectivity index (χ1) is 7.13. The summed E-state index contributed by atoms with van der Waals surface area (Å²) in [5.74, 6) is 0.705. The number of nitrogens with zero attached hydrogens (tertiary/aromatic N) is 2. The highest BCUT2D eigenvalue weighted by molar-refractivity contribution is 6.34. The van der Waals surface area contributed by atoms with Gasteiger partial charge in [0.05, 0.1) is 5.39 Å². The third-order valence-corrected chi connectivity index (χ3v) is 2.85. The van der Waals surface area contributed by atoms with Crippen LogP contribution in [0.5, 0.6) is 0 Å². The summed E-state index contributed by atoms with van der Waals surface area (Å²) < 4.78 is 0. The van der Waals surface area contributed by atoms with Crippen LogP contribution in [0.25, 0.3) is 11.0 Å². The molecule has 3 nitrogen and oxygen atoms in total. The molecule has 0 unspecified atom stereocenters. The number of hydrogen-bond acceptors (Lipinski definition) is 2. The quantitative estimate of drug-likeness (QED) is 0.795. The fourth-order valence-electron chi connectivity index (χ4n) is 1.85. The molecule has 2 heterocycles. The fourth-order valence-corrected chi connectivity index (χ4v) is 2.20. The highest BCUT2D eigenvalue weighted by Gasteiger charge is 2.12. The molecule has 1 N–H and O–H groups in total. The lowest BCUT2D eigenvalue weighted by atomic mass is 10.1. The molecule has 15 heavy (non-hydrogen) atoms. The molecule has 2 rings (SSSR count). The molecule has 0 aromatic carbocycles. The molecule has 0 aliphatic carbocycles.